The summed E-state index contributed by atoms with van der Waals surface area (Å²) in [5.74, 6) is -0.337. The van der Waals surface area contributed by atoms with Gasteiger partial charge in [-0.2, -0.15) is 0 Å². The molecule has 3 rings (SSSR count). The topological polar surface area (TPSA) is 86.6 Å². The fourth-order valence-electron chi connectivity index (χ4n) is 3.88. The van der Waals surface area contributed by atoms with E-state index in [1.165, 1.54) is 7.11 Å². The van der Waals surface area contributed by atoms with Crippen molar-refractivity contribution in [1.82, 2.24) is 9.88 Å². The van der Waals surface area contributed by atoms with E-state index in [0.717, 1.165) is 11.1 Å². The molecule has 0 aliphatic carbocycles. The zero-order valence-corrected chi connectivity index (χ0v) is 20.6. The van der Waals surface area contributed by atoms with Crippen LogP contribution in [0.25, 0.3) is 21.9 Å². The van der Waals surface area contributed by atoms with E-state index in [2.05, 4.69) is 5.32 Å². The molecular formula is C27H32N2O5. The van der Waals surface area contributed by atoms with Gasteiger partial charge in [-0.15, -0.1) is 0 Å². The summed E-state index contributed by atoms with van der Waals surface area (Å²) in [6.07, 6.45) is -0.559. The number of carbonyl (C=O) groups is 2. The molecule has 1 amide bonds. The number of aromatic nitrogens is 1. The monoisotopic (exact) mass is 464 g/mol. The number of fused-ring (bicyclic) bond motifs is 1. The molecule has 0 unspecified atom stereocenters. The molecule has 3 aromatic rings. The predicted molar refractivity (Wildman–Crippen MR) is 133 cm³/mol. The van der Waals surface area contributed by atoms with E-state index in [1.807, 2.05) is 44.2 Å². The number of alkyl carbamates (subject to hydrolysis) is 1. The average Bonchev–Trinajstić information content (AvgIpc) is 2.78. The van der Waals surface area contributed by atoms with Crippen LogP contribution in [0.5, 0.6) is 0 Å². The Morgan fingerprint density at radius 1 is 1.03 bits per heavy atom. The van der Waals surface area contributed by atoms with Crippen LogP contribution in [-0.2, 0) is 22.6 Å². The smallest absolute Gasteiger partial charge is 0.407 e. The van der Waals surface area contributed by atoms with Gasteiger partial charge in [0.2, 0.25) is 0 Å². The van der Waals surface area contributed by atoms with Crippen molar-refractivity contribution in [2.24, 2.45) is 5.92 Å². The maximum atomic E-state index is 13.7. The highest BCUT2D eigenvalue weighted by molar-refractivity contribution is 6.01. The largest absolute Gasteiger partial charge is 0.465 e. The van der Waals surface area contributed by atoms with Gasteiger partial charge in [-0.3, -0.25) is 4.79 Å². The summed E-state index contributed by atoms with van der Waals surface area (Å²) in [6.45, 7) is 9.99. The van der Waals surface area contributed by atoms with Gasteiger partial charge in [0.25, 0.3) is 5.56 Å². The first-order valence-corrected chi connectivity index (χ1v) is 11.3. The lowest BCUT2D eigenvalue weighted by Gasteiger charge is -2.23. The van der Waals surface area contributed by atoms with E-state index in [0.29, 0.717) is 28.6 Å². The van der Waals surface area contributed by atoms with E-state index in [1.54, 1.807) is 43.5 Å². The van der Waals surface area contributed by atoms with Crippen LogP contribution >= 0.6 is 0 Å². The van der Waals surface area contributed by atoms with Crippen molar-refractivity contribution in [2.75, 3.05) is 7.11 Å². The van der Waals surface area contributed by atoms with Crippen LogP contribution in [-0.4, -0.2) is 29.3 Å². The Labute approximate surface area is 199 Å². The summed E-state index contributed by atoms with van der Waals surface area (Å²) in [5.41, 5.74) is 1.84. The third-order valence-electron chi connectivity index (χ3n) is 5.21. The van der Waals surface area contributed by atoms with E-state index >= 15 is 0 Å². The van der Waals surface area contributed by atoms with Crippen LogP contribution in [0.15, 0.2) is 53.3 Å². The highest BCUT2D eigenvalue weighted by Crippen LogP contribution is 2.32. The van der Waals surface area contributed by atoms with Crippen LogP contribution in [0.1, 0.15) is 50.7 Å². The fraction of sp³-hybridized carbons (Fsp3) is 0.370. The Morgan fingerprint density at radius 3 is 2.29 bits per heavy atom. The normalized spacial score (nSPS) is 11.5. The molecule has 7 nitrogen and oxygen atoms in total. The number of ether oxygens (including phenoxy) is 2. The number of nitrogens with zero attached hydrogens (tertiary/aromatic N) is 1. The molecule has 0 radical (unpaired) electrons. The van der Waals surface area contributed by atoms with Crippen molar-refractivity contribution in [2.45, 2.75) is 53.3 Å². The highest BCUT2D eigenvalue weighted by Gasteiger charge is 2.22. The summed E-state index contributed by atoms with van der Waals surface area (Å²) in [5, 5.41) is 3.93. The number of rotatable bonds is 6. The average molecular weight is 465 g/mol. The van der Waals surface area contributed by atoms with E-state index in [4.69, 9.17) is 9.47 Å². The molecule has 1 heterocycles. The first-order chi connectivity index (χ1) is 16.0. The molecule has 0 saturated heterocycles. The van der Waals surface area contributed by atoms with Crippen LogP contribution in [0.2, 0.25) is 0 Å². The maximum Gasteiger partial charge on any atom is 0.407 e. The van der Waals surface area contributed by atoms with Crippen LogP contribution in [0.3, 0.4) is 0 Å². The number of esters is 1. The van der Waals surface area contributed by atoms with Crippen molar-refractivity contribution < 1.29 is 19.1 Å². The highest BCUT2D eigenvalue weighted by atomic mass is 16.6. The van der Waals surface area contributed by atoms with Gasteiger partial charge in [0.15, 0.2) is 0 Å². The lowest BCUT2D eigenvalue weighted by atomic mass is 9.95. The lowest BCUT2D eigenvalue weighted by molar-refractivity contribution is 0.0521. The quantitative estimate of drug-likeness (QED) is 0.511. The SMILES string of the molecule is COC(=O)c1ccc2c(-c3ccccc3)c(CNC(=O)OC(C)(C)C)n(CC(C)C)c(=O)c2c1. The second-order valence-electron chi connectivity index (χ2n) is 9.60. The number of hydrogen-bond acceptors (Lipinski definition) is 5. The standard InChI is InChI=1S/C27H32N2O5/c1-17(2)16-29-22(15-28-26(32)34-27(3,4)5)23(18-10-8-7-9-11-18)20-13-12-19(25(31)33-6)14-21(20)24(29)30/h7-14,17H,15-16H2,1-6H3,(H,28,32). The molecule has 1 N–H and O–H groups in total. The Morgan fingerprint density at radius 2 is 1.71 bits per heavy atom. The minimum absolute atomic E-state index is 0.107. The zero-order chi connectivity index (χ0) is 25.0. The van der Waals surface area contributed by atoms with Crippen molar-refractivity contribution in [1.29, 1.82) is 0 Å². The first-order valence-electron chi connectivity index (χ1n) is 11.3. The summed E-state index contributed by atoms with van der Waals surface area (Å²) in [6, 6.07) is 14.7. The second-order valence-corrected chi connectivity index (χ2v) is 9.60. The number of carbonyl (C=O) groups excluding carboxylic acids is 2. The number of benzene rings is 2. The van der Waals surface area contributed by atoms with Crippen molar-refractivity contribution in [3.8, 4) is 11.1 Å². The second kappa shape index (κ2) is 10.1. The number of hydrogen-bond donors (Lipinski definition) is 1. The molecule has 0 bridgehead atoms. The van der Waals surface area contributed by atoms with E-state index in [9.17, 15) is 14.4 Å². The Hall–Kier alpha value is -3.61. The minimum atomic E-state index is -0.641. The van der Waals surface area contributed by atoms with Gasteiger partial charge in [-0.05, 0) is 49.8 Å². The van der Waals surface area contributed by atoms with Gasteiger partial charge in [-0.25, -0.2) is 9.59 Å². The lowest BCUT2D eigenvalue weighted by Crippen LogP contribution is -2.35. The van der Waals surface area contributed by atoms with Gasteiger partial charge in [0.1, 0.15) is 5.60 Å². The zero-order valence-electron chi connectivity index (χ0n) is 20.6. The molecular weight excluding hydrogens is 432 g/mol. The Kier molecular flexibility index (Phi) is 7.44. The fourth-order valence-corrected chi connectivity index (χ4v) is 3.88. The molecule has 0 spiro atoms. The number of pyridine rings is 1. The van der Waals surface area contributed by atoms with Gasteiger partial charge in [0, 0.05) is 23.2 Å². The molecule has 0 atom stereocenters. The Balaban J connectivity index is 2.29. The first kappa shape index (κ1) is 25.0. The molecule has 180 valence electrons. The predicted octanol–water partition coefficient (Wildman–Crippen LogP) is 5.14. The van der Waals surface area contributed by atoms with E-state index in [-0.39, 0.29) is 18.0 Å². The summed E-state index contributed by atoms with van der Waals surface area (Å²) >= 11 is 0. The molecule has 34 heavy (non-hydrogen) atoms. The minimum Gasteiger partial charge on any atom is -0.465 e. The van der Waals surface area contributed by atoms with Gasteiger partial charge in [0.05, 0.1) is 19.2 Å². The molecule has 0 aliphatic rings. The van der Waals surface area contributed by atoms with Crippen molar-refractivity contribution in [3.63, 3.8) is 0 Å². The van der Waals surface area contributed by atoms with Crippen LogP contribution < -0.4 is 10.9 Å². The van der Waals surface area contributed by atoms with Gasteiger partial charge < -0.3 is 19.4 Å². The maximum absolute atomic E-state index is 13.7. The van der Waals surface area contributed by atoms with Crippen LogP contribution in [0, 0.1) is 5.92 Å². The van der Waals surface area contributed by atoms with Gasteiger partial charge in [-0.1, -0.05) is 50.2 Å². The number of methoxy groups -OCH3 is 1. The molecule has 1 aromatic heterocycles. The van der Waals surface area contributed by atoms with E-state index < -0.39 is 17.7 Å². The number of nitrogens with one attached hydrogen (secondary N) is 1. The summed E-state index contributed by atoms with van der Waals surface area (Å²) in [4.78, 5) is 38.3. The summed E-state index contributed by atoms with van der Waals surface area (Å²) < 4.78 is 12.0. The molecule has 0 aliphatic heterocycles. The third-order valence-corrected chi connectivity index (χ3v) is 5.21. The van der Waals surface area contributed by atoms with Gasteiger partial charge >= 0.3 is 12.1 Å². The van der Waals surface area contributed by atoms with Crippen molar-refractivity contribution in [3.05, 3.63) is 70.1 Å². The molecule has 7 heteroatoms. The molecule has 0 saturated carbocycles. The molecule has 0 fully saturated rings. The summed E-state index contributed by atoms with van der Waals surface area (Å²) in [7, 11) is 1.31. The molecule has 2 aromatic carbocycles. The van der Waals surface area contributed by atoms with Crippen molar-refractivity contribution >= 4 is 22.8 Å². The van der Waals surface area contributed by atoms with Crippen LogP contribution in [0.4, 0.5) is 4.79 Å². The third kappa shape index (κ3) is 5.65. The number of amides is 1. The Bertz CT molecular complexity index is 1250.